The van der Waals surface area contributed by atoms with Crippen molar-refractivity contribution in [1.29, 1.82) is 0 Å². The molecule has 3 aliphatic rings. The maximum absolute atomic E-state index is 5.82. The second-order valence-corrected chi connectivity index (χ2v) is 5.60. The number of hydrogen-bond acceptors (Lipinski definition) is 3. The van der Waals surface area contributed by atoms with Crippen molar-refractivity contribution in [2.45, 2.75) is 37.9 Å². The largest absolute Gasteiger partial charge is 0.346 e. The summed E-state index contributed by atoms with van der Waals surface area (Å²) in [6.45, 7) is 4.97. The maximum atomic E-state index is 5.82. The zero-order valence-electron chi connectivity index (χ0n) is 10.6. The smallest absolute Gasteiger partial charge is 0.181 e. The van der Waals surface area contributed by atoms with Crippen molar-refractivity contribution < 1.29 is 9.47 Å². The van der Waals surface area contributed by atoms with Gasteiger partial charge in [-0.2, -0.15) is 0 Å². The van der Waals surface area contributed by atoms with Crippen molar-refractivity contribution in [1.82, 2.24) is 4.90 Å². The Labute approximate surface area is 104 Å². The third-order valence-electron chi connectivity index (χ3n) is 4.20. The molecule has 0 N–H and O–H groups in total. The van der Waals surface area contributed by atoms with Crippen LogP contribution in [0.3, 0.4) is 0 Å². The van der Waals surface area contributed by atoms with Gasteiger partial charge in [0.25, 0.3) is 0 Å². The molecule has 1 atom stereocenters. The molecule has 3 nitrogen and oxygen atoms in total. The van der Waals surface area contributed by atoms with E-state index in [1.165, 1.54) is 38.8 Å². The highest BCUT2D eigenvalue weighted by molar-refractivity contribution is 4.92. The fourth-order valence-corrected chi connectivity index (χ4v) is 3.35. The van der Waals surface area contributed by atoms with Crippen LogP contribution in [0, 0.1) is 5.92 Å². The summed E-state index contributed by atoms with van der Waals surface area (Å²) in [5.41, 5.74) is 0. The fourth-order valence-electron chi connectivity index (χ4n) is 3.35. The summed E-state index contributed by atoms with van der Waals surface area (Å²) in [7, 11) is 0. The second-order valence-electron chi connectivity index (χ2n) is 5.60. The summed E-state index contributed by atoms with van der Waals surface area (Å²) in [6, 6.07) is 0. The number of hydrogen-bond donors (Lipinski definition) is 0. The fraction of sp³-hybridized carbons (Fsp3) is 0.857. The Morgan fingerprint density at radius 3 is 2.88 bits per heavy atom. The molecule has 0 aromatic carbocycles. The van der Waals surface area contributed by atoms with E-state index >= 15 is 0 Å². The zero-order chi connectivity index (χ0) is 11.6. The summed E-state index contributed by atoms with van der Waals surface area (Å²) in [5, 5.41) is 0. The highest BCUT2D eigenvalue weighted by Gasteiger charge is 2.40. The first-order valence-corrected chi connectivity index (χ1v) is 7.02. The number of allylic oxidation sites excluding steroid dienone is 2. The predicted molar refractivity (Wildman–Crippen MR) is 66.8 cm³/mol. The van der Waals surface area contributed by atoms with Crippen molar-refractivity contribution in [2.24, 2.45) is 5.92 Å². The number of nitrogens with zero attached hydrogens (tertiary/aromatic N) is 1. The van der Waals surface area contributed by atoms with Crippen LogP contribution in [-0.2, 0) is 9.47 Å². The average molecular weight is 237 g/mol. The normalized spacial score (nSPS) is 33.3. The van der Waals surface area contributed by atoms with Gasteiger partial charge in [0, 0.05) is 13.0 Å². The van der Waals surface area contributed by atoms with Crippen LogP contribution < -0.4 is 0 Å². The van der Waals surface area contributed by atoms with Crippen LogP contribution >= 0.6 is 0 Å². The van der Waals surface area contributed by atoms with Gasteiger partial charge in [0.15, 0.2) is 5.79 Å². The molecular formula is C14H23NO2. The number of rotatable bonds is 2. The maximum Gasteiger partial charge on any atom is 0.181 e. The van der Waals surface area contributed by atoms with E-state index in [1.807, 2.05) is 0 Å². The van der Waals surface area contributed by atoms with Crippen molar-refractivity contribution in [2.75, 3.05) is 32.8 Å². The summed E-state index contributed by atoms with van der Waals surface area (Å²) >= 11 is 0. The van der Waals surface area contributed by atoms with Crippen LogP contribution in [0.25, 0.3) is 0 Å². The Hall–Kier alpha value is -0.380. The lowest BCUT2D eigenvalue weighted by atomic mass is 9.93. The SMILES string of the molecule is C1=CC[C@H](CN2CCCC3(C2)OCCO3)CC1. The lowest BCUT2D eigenvalue weighted by Gasteiger charge is -2.40. The number of likely N-dealkylation sites (tertiary alicyclic amines) is 1. The summed E-state index contributed by atoms with van der Waals surface area (Å²) in [5.74, 6) is 0.597. The molecule has 0 saturated carbocycles. The molecule has 0 radical (unpaired) electrons. The molecule has 0 aromatic heterocycles. The van der Waals surface area contributed by atoms with E-state index in [0.29, 0.717) is 0 Å². The van der Waals surface area contributed by atoms with Crippen molar-refractivity contribution in [3.8, 4) is 0 Å². The molecule has 2 saturated heterocycles. The molecule has 1 aliphatic carbocycles. The average Bonchev–Trinajstić information content (AvgIpc) is 2.79. The van der Waals surface area contributed by atoms with Crippen LogP contribution in [0.2, 0.25) is 0 Å². The van der Waals surface area contributed by atoms with Gasteiger partial charge in [-0.3, -0.25) is 4.90 Å². The minimum absolute atomic E-state index is 0.247. The van der Waals surface area contributed by atoms with Crippen molar-refractivity contribution in [3.05, 3.63) is 12.2 Å². The van der Waals surface area contributed by atoms with E-state index in [9.17, 15) is 0 Å². The lowest BCUT2D eigenvalue weighted by Crippen LogP contribution is -2.50. The van der Waals surface area contributed by atoms with Crippen LogP contribution in [0.4, 0.5) is 0 Å². The summed E-state index contributed by atoms with van der Waals surface area (Å²) in [4.78, 5) is 2.55. The van der Waals surface area contributed by atoms with Crippen LogP contribution in [0.15, 0.2) is 12.2 Å². The first kappa shape index (κ1) is 11.7. The van der Waals surface area contributed by atoms with Crippen molar-refractivity contribution in [3.63, 3.8) is 0 Å². The van der Waals surface area contributed by atoms with Gasteiger partial charge in [0.1, 0.15) is 0 Å². The molecule has 0 aromatic rings. The van der Waals surface area contributed by atoms with Crippen molar-refractivity contribution >= 4 is 0 Å². The molecule has 3 heteroatoms. The van der Waals surface area contributed by atoms with Gasteiger partial charge in [0.2, 0.25) is 0 Å². The molecule has 17 heavy (non-hydrogen) atoms. The highest BCUT2D eigenvalue weighted by atomic mass is 16.7. The minimum Gasteiger partial charge on any atom is -0.346 e. The monoisotopic (exact) mass is 237 g/mol. The molecular weight excluding hydrogens is 214 g/mol. The molecule has 1 spiro atoms. The molecule has 0 bridgehead atoms. The van der Waals surface area contributed by atoms with E-state index < -0.39 is 0 Å². The third-order valence-corrected chi connectivity index (χ3v) is 4.20. The molecule has 3 rings (SSSR count). The zero-order valence-corrected chi connectivity index (χ0v) is 10.6. The molecule has 2 fully saturated rings. The Balaban J connectivity index is 1.54. The molecule has 2 aliphatic heterocycles. The van der Waals surface area contributed by atoms with E-state index in [0.717, 1.165) is 32.1 Å². The van der Waals surface area contributed by atoms with E-state index in [2.05, 4.69) is 17.1 Å². The molecule has 0 unspecified atom stereocenters. The Kier molecular flexibility index (Phi) is 3.50. The number of ether oxygens (including phenoxy) is 2. The first-order valence-electron chi connectivity index (χ1n) is 7.02. The van der Waals surface area contributed by atoms with Crippen LogP contribution in [0.1, 0.15) is 32.1 Å². The summed E-state index contributed by atoms with van der Waals surface area (Å²) in [6.07, 6.45) is 10.8. The van der Waals surface area contributed by atoms with Gasteiger partial charge >= 0.3 is 0 Å². The second kappa shape index (κ2) is 5.09. The van der Waals surface area contributed by atoms with E-state index in [4.69, 9.17) is 9.47 Å². The van der Waals surface area contributed by atoms with Gasteiger partial charge in [-0.15, -0.1) is 0 Å². The Morgan fingerprint density at radius 2 is 2.12 bits per heavy atom. The van der Waals surface area contributed by atoms with Crippen LogP contribution in [-0.4, -0.2) is 43.5 Å². The van der Waals surface area contributed by atoms with Gasteiger partial charge in [-0.25, -0.2) is 0 Å². The van der Waals surface area contributed by atoms with Gasteiger partial charge in [0.05, 0.1) is 19.8 Å². The quantitative estimate of drug-likeness (QED) is 0.687. The van der Waals surface area contributed by atoms with E-state index in [1.54, 1.807) is 0 Å². The third kappa shape index (κ3) is 2.72. The standard InChI is InChI=1S/C14H23NO2/c1-2-5-13(6-3-1)11-15-8-4-7-14(12-15)16-9-10-17-14/h1-2,13H,3-12H2/t13-/m0/s1. The van der Waals surface area contributed by atoms with E-state index in [-0.39, 0.29) is 5.79 Å². The molecule has 0 amide bonds. The topological polar surface area (TPSA) is 21.7 Å². The van der Waals surface area contributed by atoms with Gasteiger partial charge < -0.3 is 9.47 Å². The lowest BCUT2D eigenvalue weighted by molar-refractivity contribution is -0.190. The van der Waals surface area contributed by atoms with Crippen LogP contribution in [0.5, 0.6) is 0 Å². The van der Waals surface area contributed by atoms with Gasteiger partial charge in [-0.05, 0) is 38.1 Å². The molecule has 2 heterocycles. The Bertz CT molecular complexity index is 284. The number of piperidine rings is 1. The first-order chi connectivity index (χ1) is 8.36. The minimum atomic E-state index is -0.247. The summed E-state index contributed by atoms with van der Waals surface area (Å²) < 4.78 is 11.6. The molecule has 96 valence electrons. The Morgan fingerprint density at radius 1 is 1.24 bits per heavy atom. The highest BCUT2D eigenvalue weighted by Crippen LogP contribution is 2.31. The predicted octanol–water partition coefficient (Wildman–Crippen LogP) is 2.18. The van der Waals surface area contributed by atoms with Gasteiger partial charge in [-0.1, -0.05) is 12.2 Å².